The molecule has 4 aromatic carbocycles. The molecule has 0 radical (unpaired) electrons. The number of nitrogens with zero attached hydrogens (tertiary/aromatic N) is 4. The fourth-order valence-corrected chi connectivity index (χ4v) is 5.38. The fraction of sp³-hybridized carbons (Fsp3) is 0.216. The Hall–Kier alpha value is -4.75. The van der Waals surface area contributed by atoms with Crippen molar-refractivity contribution in [3.8, 4) is 34.4 Å². The predicted molar refractivity (Wildman–Crippen MR) is 169 cm³/mol. The summed E-state index contributed by atoms with van der Waals surface area (Å²) in [5, 5.41) is 12.2. The van der Waals surface area contributed by atoms with Crippen LogP contribution in [0.15, 0.2) is 97.1 Å². The van der Waals surface area contributed by atoms with Crippen LogP contribution in [0.1, 0.15) is 58.4 Å². The van der Waals surface area contributed by atoms with Gasteiger partial charge in [0.15, 0.2) is 5.82 Å². The van der Waals surface area contributed by atoms with Crippen molar-refractivity contribution < 1.29 is 0 Å². The Morgan fingerprint density at radius 1 is 0.610 bits per heavy atom. The third-order valence-corrected chi connectivity index (χ3v) is 7.79. The summed E-state index contributed by atoms with van der Waals surface area (Å²) in [5.74, 6) is 0.543. The summed E-state index contributed by atoms with van der Waals surface area (Å²) in [6.45, 7) is 13.6. The lowest BCUT2D eigenvalue weighted by molar-refractivity contribution is 0.590. The van der Waals surface area contributed by atoms with Crippen LogP contribution in [0.2, 0.25) is 0 Å². The predicted octanol–water partition coefficient (Wildman–Crippen LogP) is 9.37. The fourth-order valence-electron chi connectivity index (χ4n) is 5.38. The monoisotopic (exact) mass is 534 g/mol. The summed E-state index contributed by atoms with van der Waals surface area (Å²) in [6.07, 6.45) is 0. The van der Waals surface area contributed by atoms with E-state index in [0.717, 1.165) is 22.5 Å². The molecular formula is C37H34N4. The molecule has 6 rings (SSSR count). The van der Waals surface area contributed by atoms with Crippen molar-refractivity contribution in [3.63, 3.8) is 0 Å². The Balaban J connectivity index is 1.50. The van der Waals surface area contributed by atoms with Crippen molar-refractivity contribution in [2.45, 2.75) is 52.4 Å². The van der Waals surface area contributed by atoms with E-state index in [9.17, 15) is 5.26 Å². The quantitative estimate of drug-likeness (QED) is 0.227. The molecule has 0 saturated heterocycles. The third kappa shape index (κ3) is 4.89. The van der Waals surface area contributed by atoms with Crippen LogP contribution in [0.4, 0.5) is 0 Å². The van der Waals surface area contributed by atoms with Crippen molar-refractivity contribution in [2.75, 3.05) is 0 Å². The SMILES string of the molecule is CC(C)(C)c1ccc2c(c1)c1cc(C(C)(C)C)ccc1n2-c1ccc(-c2nc(C#N)cc(-c3ccccc3)n2)cc1. The summed E-state index contributed by atoms with van der Waals surface area (Å²) in [4.78, 5) is 9.34. The zero-order valence-corrected chi connectivity index (χ0v) is 24.5. The molecule has 0 atom stereocenters. The molecule has 0 fully saturated rings. The number of hydrogen-bond acceptors (Lipinski definition) is 3. The van der Waals surface area contributed by atoms with Crippen LogP contribution in [0.25, 0.3) is 50.1 Å². The molecule has 4 heteroatoms. The van der Waals surface area contributed by atoms with Crippen LogP contribution >= 0.6 is 0 Å². The molecule has 0 saturated carbocycles. The second-order valence-electron chi connectivity index (χ2n) is 12.8. The first kappa shape index (κ1) is 26.5. The number of rotatable bonds is 3. The van der Waals surface area contributed by atoms with Crippen LogP contribution in [0.5, 0.6) is 0 Å². The van der Waals surface area contributed by atoms with Crippen molar-refractivity contribution in [1.82, 2.24) is 14.5 Å². The minimum absolute atomic E-state index is 0.0580. The minimum atomic E-state index is 0.0580. The maximum absolute atomic E-state index is 9.65. The smallest absolute Gasteiger partial charge is 0.161 e. The van der Waals surface area contributed by atoms with Crippen molar-refractivity contribution in [3.05, 3.63) is 114 Å². The van der Waals surface area contributed by atoms with E-state index in [2.05, 4.69) is 106 Å². The number of nitriles is 1. The maximum atomic E-state index is 9.65. The van der Waals surface area contributed by atoms with E-state index in [1.54, 1.807) is 6.07 Å². The van der Waals surface area contributed by atoms with E-state index in [4.69, 9.17) is 4.98 Å². The van der Waals surface area contributed by atoms with E-state index in [1.807, 2.05) is 42.5 Å². The lowest BCUT2D eigenvalue weighted by Crippen LogP contribution is -2.10. The zero-order chi connectivity index (χ0) is 28.9. The van der Waals surface area contributed by atoms with Crippen LogP contribution in [-0.4, -0.2) is 14.5 Å². The number of fused-ring (bicyclic) bond motifs is 3. The largest absolute Gasteiger partial charge is 0.309 e. The molecule has 4 nitrogen and oxygen atoms in total. The maximum Gasteiger partial charge on any atom is 0.161 e. The van der Waals surface area contributed by atoms with Crippen LogP contribution in [0, 0.1) is 11.3 Å². The molecule has 0 amide bonds. The van der Waals surface area contributed by atoms with Gasteiger partial charge in [0.1, 0.15) is 11.8 Å². The Morgan fingerprint density at radius 3 is 1.68 bits per heavy atom. The highest BCUT2D eigenvalue weighted by molar-refractivity contribution is 6.09. The molecule has 0 spiro atoms. The molecule has 2 heterocycles. The molecule has 6 aromatic rings. The number of hydrogen-bond donors (Lipinski definition) is 0. The van der Waals surface area contributed by atoms with E-state index in [1.165, 1.54) is 32.9 Å². The highest BCUT2D eigenvalue weighted by Gasteiger charge is 2.21. The minimum Gasteiger partial charge on any atom is -0.309 e. The zero-order valence-electron chi connectivity index (χ0n) is 24.5. The molecular weight excluding hydrogens is 500 g/mol. The van der Waals surface area contributed by atoms with Gasteiger partial charge >= 0.3 is 0 Å². The van der Waals surface area contributed by atoms with Crippen LogP contribution < -0.4 is 0 Å². The molecule has 0 aliphatic carbocycles. The van der Waals surface area contributed by atoms with Gasteiger partial charge in [-0.25, -0.2) is 9.97 Å². The van der Waals surface area contributed by atoms with E-state index >= 15 is 0 Å². The van der Waals surface area contributed by atoms with Crippen molar-refractivity contribution in [2.24, 2.45) is 0 Å². The van der Waals surface area contributed by atoms with Gasteiger partial charge in [0, 0.05) is 33.7 Å². The molecule has 2 aromatic heterocycles. The second kappa shape index (κ2) is 9.71. The highest BCUT2D eigenvalue weighted by atomic mass is 15.0. The van der Waals surface area contributed by atoms with Gasteiger partial charge in [-0.3, -0.25) is 0 Å². The van der Waals surface area contributed by atoms with Gasteiger partial charge in [0.25, 0.3) is 0 Å². The Kier molecular flexibility index (Phi) is 6.27. The van der Waals surface area contributed by atoms with Gasteiger partial charge in [-0.2, -0.15) is 5.26 Å². The standard InChI is InChI=1S/C37H34N4/c1-36(2,3)26-14-18-33-30(20-26)31-21-27(37(4,5)6)15-19-34(31)41(33)29-16-12-25(13-17-29)35-39-28(23-38)22-32(40-35)24-10-8-7-9-11-24/h7-22H,1-6H3. The third-order valence-electron chi connectivity index (χ3n) is 7.79. The number of benzene rings is 4. The summed E-state index contributed by atoms with van der Waals surface area (Å²) in [7, 11) is 0. The topological polar surface area (TPSA) is 54.5 Å². The van der Waals surface area contributed by atoms with Crippen molar-refractivity contribution in [1.29, 1.82) is 5.26 Å². The van der Waals surface area contributed by atoms with Gasteiger partial charge < -0.3 is 4.57 Å². The molecule has 0 bridgehead atoms. The molecule has 0 unspecified atom stereocenters. The van der Waals surface area contributed by atoms with Crippen LogP contribution in [0.3, 0.4) is 0 Å². The Labute approximate surface area is 242 Å². The first-order valence-corrected chi connectivity index (χ1v) is 14.1. The van der Waals surface area contributed by atoms with Gasteiger partial charge in [-0.05, 0) is 70.5 Å². The number of aromatic nitrogens is 3. The molecule has 0 N–H and O–H groups in total. The molecule has 0 aliphatic heterocycles. The molecule has 41 heavy (non-hydrogen) atoms. The van der Waals surface area contributed by atoms with E-state index in [0.29, 0.717) is 11.5 Å². The molecule has 202 valence electrons. The van der Waals surface area contributed by atoms with Gasteiger partial charge in [-0.1, -0.05) is 84.0 Å². The highest BCUT2D eigenvalue weighted by Crippen LogP contribution is 2.37. The van der Waals surface area contributed by atoms with Gasteiger partial charge in [0.2, 0.25) is 0 Å². The normalized spacial score (nSPS) is 12.1. The lowest BCUT2D eigenvalue weighted by Gasteiger charge is -2.19. The summed E-state index contributed by atoms with van der Waals surface area (Å²) >= 11 is 0. The van der Waals surface area contributed by atoms with Gasteiger partial charge in [-0.15, -0.1) is 0 Å². The van der Waals surface area contributed by atoms with Gasteiger partial charge in [0.05, 0.1) is 16.7 Å². The van der Waals surface area contributed by atoms with E-state index in [-0.39, 0.29) is 10.8 Å². The van der Waals surface area contributed by atoms with E-state index < -0.39 is 0 Å². The summed E-state index contributed by atoms with van der Waals surface area (Å²) in [5.41, 5.74) is 9.11. The Bertz CT molecular complexity index is 1870. The second-order valence-corrected chi connectivity index (χ2v) is 12.8. The lowest BCUT2D eigenvalue weighted by atomic mass is 9.85. The Morgan fingerprint density at radius 2 is 1.17 bits per heavy atom. The first-order chi connectivity index (χ1) is 19.5. The molecule has 0 aliphatic rings. The average Bonchev–Trinajstić information content (AvgIpc) is 3.29. The van der Waals surface area contributed by atoms with Crippen molar-refractivity contribution >= 4 is 21.8 Å². The average molecular weight is 535 g/mol. The first-order valence-electron chi connectivity index (χ1n) is 14.1. The summed E-state index contributed by atoms with van der Waals surface area (Å²) in [6, 6.07) is 35.9. The van der Waals surface area contributed by atoms with Crippen LogP contribution in [-0.2, 0) is 10.8 Å². The summed E-state index contributed by atoms with van der Waals surface area (Å²) < 4.78 is 2.34.